The number of benzene rings is 1. The van der Waals surface area contributed by atoms with Gasteiger partial charge < -0.3 is 14.8 Å². The monoisotopic (exact) mass is 250 g/mol. The average molecular weight is 250 g/mol. The van der Waals surface area contributed by atoms with Crippen molar-refractivity contribution in [3.8, 4) is 0 Å². The van der Waals surface area contributed by atoms with Gasteiger partial charge in [0, 0.05) is 6.42 Å². The molecule has 0 aliphatic rings. The molecule has 0 spiro atoms. The van der Waals surface area contributed by atoms with Gasteiger partial charge in [0.15, 0.2) is 0 Å². The summed E-state index contributed by atoms with van der Waals surface area (Å²) in [6.45, 7) is 2.22. The molecule has 0 aliphatic heterocycles. The van der Waals surface area contributed by atoms with Crippen LogP contribution in [0.5, 0.6) is 0 Å². The van der Waals surface area contributed by atoms with Gasteiger partial charge in [0.1, 0.15) is 0 Å². The van der Waals surface area contributed by atoms with Crippen LogP contribution in [0.2, 0.25) is 0 Å². The standard InChI is InChI=1S/C13H19BO4/c1-2-18-13(15)9-4-3-6-11-7-5-8-12(10-11)14(16)17/h5,7-8,10,16-17H,2-4,6,9H2,1H3. The zero-order valence-electron chi connectivity index (χ0n) is 10.6. The van der Waals surface area contributed by atoms with Gasteiger partial charge in [-0.05, 0) is 37.2 Å². The molecule has 0 amide bonds. The second-order valence-electron chi connectivity index (χ2n) is 4.13. The van der Waals surface area contributed by atoms with Gasteiger partial charge >= 0.3 is 13.1 Å². The Bertz CT molecular complexity index is 379. The molecule has 4 nitrogen and oxygen atoms in total. The van der Waals surface area contributed by atoms with E-state index in [0.29, 0.717) is 18.5 Å². The van der Waals surface area contributed by atoms with Crippen molar-refractivity contribution in [2.24, 2.45) is 0 Å². The van der Waals surface area contributed by atoms with E-state index >= 15 is 0 Å². The molecular formula is C13H19BO4. The average Bonchev–Trinajstić information content (AvgIpc) is 2.35. The number of carbonyl (C=O) groups excluding carboxylic acids is 1. The van der Waals surface area contributed by atoms with E-state index in [1.807, 2.05) is 6.07 Å². The van der Waals surface area contributed by atoms with Crippen molar-refractivity contribution in [3.05, 3.63) is 29.8 Å². The molecule has 0 heterocycles. The van der Waals surface area contributed by atoms with Crippen molar-refractivity contribution in [1.82, 2.24) is 0 Å². The van der Waals surface area contributed by atoms with Crippen LogP contribution in [0.3, 0.4) is 0 Å². The van der Waals surface area contributed by atoms with Crippen LogP contribution < -0.4 is 5.46 Å². The summed E-state index contributed by atoms with van der Waals surface area (Å²) in [6, 6.07) is 7.19. The molecule has 5 heteroatoms. The minimum absolute atomic E-state index is 0.156. The third-order valence-corrected chi connectivity index (χ3v) is 2.65. The number of hydrogen-bond acceptors (Lipinski definition) is 4. The summed E-state index contributed by atoms with van der Waals surface area (Å²) < 4.78 is 4.84. The van der Waals surface area contributed by atoms with Crippen molar-refractivity contribution in [2.75, 3.05) is 6.61 Å². The zero-order valence-corrected chi connectivity index (χ0v) is 10.6. The number of carbonyl (C=O) groups is 1. The first kappa shape index (κ1) is 14.7. The summed E-state index contributed by atoms with van der Waals surface area (Å²) in [6.07, 6.45) is 2.92. The Hall–Kier alpha value is -1.33. The maximum Gasteiger partial charge on any atom is 0.488 e. The Balaban J connectivity index is 2.31. The predicted octanol–water partition coefficient (Wildman–Crippen LogP) is 0.642. The lowest BCUT2D eigenvalue weighted by atomic mass is 9.79. The Morgan fingerprint density at radius 2 is 2.11 bits per heavy atom. The Labute approximate surface area is 108 Å². The van der Waals surface area contributed by atoms with Crippen molar-refractivity contribution >= 4 is 18.6 Å². The molecule has 1 aromatic rings. The van der Waals surface area contributed by atoms with Gasteiger partial charge in [0.05, 0.1) is 6.61 Å². The van der Waals surface area contributed by atoms with Crippen molar-refractivity contribution < 1.29 is 19.6 Å². The normalized spacial score (nSPS) is 10.2. The van der Waals surface area contributed by atoms with Crippen LogP contribution in [0.25, 0.3) is 0 Å². The Morgan fingerprint density at radius 3 is 2.78 bits per heavy atom. The molecule has 0 aromatic heterocycles. The largest absolute Gasteiger partial charge is 0.488 e. The molecule has 0 saturated heterocycles. The predicted molar refractivity (Wildman–Crippen MR) is 70.5 cm³/mol. The highest BCUT2D eigenvalue weighted by Crippen LogP contribution is 2.06. The molecule has 0 unspecified atom stereocenters. The maximum atomic E-state index is 11.1. The highest BCUT2D eigenvalue weighted by molar-refractivity contribution is 6.58. The molecule has 98 valence electrons. The third kappa shape index (κ3) is 5.34. The van der Waals surface area contributed by atoms with Gasteiger partial charge in [0.25, 0.3) is 0 Å². The number of unbranched alkanes of at least 4 members (excludes halogenated alkanes) is 1. The molecule has 0 aliphatic carbocycles. The second kappa shape index (κ2) is 7.90. The summed E-state index contributed by atoms with van der Waals surface area (Å²) in [7, 11) is -1.43. The van der Waals surface area contributed by atoms with E-state index in [4.69, 9.17) is 14.8 Å². The molecule has 2 N–H and O–H groups in total. The Kier molecular flexibility index (Phi) is 6.46. The Morgan fingerprint density at radius 1 is 1.33 bits per heavy atom. The van der Waals surface area contributed by atoms with E-state index in [1.165, 1.54) is 0 Å². The topological polar surface area (TPSA) is 66.8 Å². The SMILES string of the molecule is CCOC(=O)CCCCc1cccc(B(O)O)c1. The fraction of sp³-hybridized carbons (Fsp3) is 0.462. The minimum atomic E-state index is -1.43. The highest BCUT2D eigenvalue weighted by atomic mass is 16.5. The summed E-state index contributed by atoms with van der Waals surface area (Å²) in [4.78, 5) is 11.1. The lowest BCUT2D eigenvalue weighted by Crippen LogP contribution is -2.29. The van der Waals surface area contributed by atoms with E-state index in [-0.39, 0.29) is 5.97 Å². The number of esters is 1. The van der Waals surface area contributed by atoms with E-state index in [2.05, 4.69) is 0 Å². The first-order valence-corrected chi connectivity index (χ1v) is 6.24. The zero-order chi connectivity index (χ0) is 13.4. The van der Waals surface area contributed by atoms with Gasteiger partial charge in [-0.2, -0.15) is 0 Å². The van der Waals surface area contributed by atoms with E-state index in [1.54, 1.807) is 25.1 Å². The summed E-state index contributed by atoms with van der Waals surface area (Å²) in [5.41, 5.74) is 1.54. The van der Waals surface area contributed by atoms with Crippen LogP contribution in [0.1, 0.15) is 31.7 Å². The molecule has 0 radical (unpaired) electrons. The maximum absolute atomic E-state index is 11.1. The van der Waals surface area contributed by atoms with Crippen molar-refractivity contribution in [1.29, 1.82) is 0 Å². The van der Waals surface area contributed by atoms with Gasteiger partial charge in [-0.3, -0.25) is 4.79 Å². The van der Waals surface area contributed by atoms with E-state index in [9.17, 15) is 4.79 Å². The van der Waals surface area contributed by atoms with Crippen LogP contribution >= 0.6 is 0 Å². The molecule has 18 heavy (non-hydrogen) atoms. The first-order valence-electron chi connectivity index (χ1n) is 6.24. The second-order valence-corrected chi connectivity index (χ2v) is 4.13. The fourth-order valence-corrected chi connectivity index (χ4v) is 1.74. The molecule has 1 aromatic carbocycles. The first-order chi connectivity index (χ1) is 8.63. The van der Waals surface area contributed by atoms with Crippen LogP contribution in [0.15, 0.2) is 24.3 Å². The molecule has 0 bridgehead atoms. The quantitative estimate of drug-likeness (QED) is 0.423. The van der Waals surface area contributed by atoms with Crippen LogP contribution in [-0.2, 0) is 16.0 Å². The molecule has 0 saturated carbocycles. The number of ether oxygens (including phenoxy) is 1. The van der Waals surface area contributed by atoms with Crippen LogP contribution in [-0.4, -0.2) is 29.7 Å². The fourth-order valence-electron chi connectivity index (χ4n) is 1.74. The number of rotatable bonds is 7. The smallest absolute Gasteiger partial charge is 0.466 e. The minimum Gasteiger partial charge on any atom is -0.466 e. The third-order valence-electron chi connectivity index (χ3n) is 2.65. The summed E-state index contributed by atoms with van der Waals surface area (Å²) >= 11 is 0. The van der Waals surface area contributed by atoms with Crippen molar-refractivity contribution in [3.63, 3.8) is 0 Å². The van der Waals surface area contributed by atoms with Gasteiger partial charge in [-0.25, -0.2) is 0 Å². The van der Waals surface area contributed by atoms with Gasteiger partial charge in [-0.1, -0.05) is 24.3 Å². The van der Waals surface area contributed by atoms with Crippen LogP contribution in [0.4, 0.5) is 0 Å². The van der Waals surface area contributed by atoms with E-state index in [0.717, 1.165) is 24.8 Å². The molecule has 1 rings (SSSR count). The van der Waals surface area contributed by atoms with Crippen molar-refractivity contribution in [2.45, 2.75) is 32.6 Å². The van der Waals surface area contributed by atoms with Crippen LogP contribution in [0, 0.1) is 0 Å². The molecule has 0 fully saturated rings. The number of aryl methyl sites for hydroxylation is 1. The summed E-state index contributed by atoms with van der Waals surface area (Å²) in [5.74, 6) is -0.156. The molecule has 0 atom stereocenters. The lowest BCUT2D eigenvalue weighted by Gasteiger charge is -2.05. The highest BCUT2D eigenvalue weighted by Gasteiger charge is 2.10. The summed E-state index contributed by atoms with van der Waals surface area (Å²) in [5, 5.41) is 18.1. The van der Waals surface area contributed by atoms with Gasteiger partial charge in [0.2, 0.25) is 0 Å². The van der Waals surface area contributed by atoms with Gasteiger partial charge in [-0.15, -0.1) is 0 Å². The van der Waals surface area contributed by atoms with E-state index < -0.39 is 7.12 Å². The number of hydrogen-bond donors (Lipinski definition) is 2. The lowest BCUT2D eigenvalue weighted by molar-refractivity contribution is -0.143. The molecular weight excluding hydrogens is 231 g/mol.